The van der Waals surface area contributed by atoms with Crippen LogP contribution in [-0.4, -0.2) is 11.1 Å². The Bertz CT molecular complexity index is 225. The van der Waals surface area contributed by atoms with Crippen LogP contribution in [0.4, 0.5) is 0 Å². The number of carboxylic acid groups (broad SMARTS) is 1. The van der Waals surface area contributed by atoms with E-state index in [4.69, 9.17) is 0 Å². The first kappa shape index (κ1) is 18.5. The molecule has 2 nitrogen and oxygen atoms in total. The molecule has 0 radical (unpaired) electrons. The van der Waals surface area contributed by atoms with Crippen molar-refractivity contribution in [3.63, 3.8) is 0 Å². The lowest BCUT2D eigenvalue weighted by atomic mass is 9.80. The third kappa shape index (κ3) is 9.07. The van der Waals surface area contributed by atoms with Gasteiger partial charge in [0.05, 0.1) is 5.41 Å². The first-order chi connectivity index (χ1) is 9.06. The van der Waals surface area contributed by atoms with Crippen LogP contribution >= 0.6 is 0 Å². The standard InChI is InChI=1S/C17H34O2/c1-4-6-8-9-10-11-13-15-17(3,16(18)19)14-12-7-5-2/h4-15H2,1-3H3,(H,18,19). The van der Waals surface area contributed by atoms with Crippen LogP contribution in [0.1, 0.15) is 97.8 Å². The molecule has 0 aliphatic heterocycles. The molecule has 0 aromatic carbocycles. The summed E-state index contributed by atoms with van der Waals surface area (Å²) >= 11 is 0. The molecule has 1 atom stereocenters. The summed E-state index contributed by atoms with van der Waals surface area (Å²) in [5.41, 5.74) is -0.488. The Morgan fingerprint density at radius 1 is 0.789 bits per heavy atom. The molecular weight excluding hydrogens is 236 g/mol. The molecule has 0 saturated carbocycles. The van der Waals surface area contributed by atoms with Crippen molar-refractivity contribution in [1.82, 2.24) is 0 Å². The topological polar surface area (TPSA) is 37.3 Å². The SMILES string of the molecule is CCCCCCCCCC(C)(CCCCC)C(=O)O. The van der Waals surface area contributed by atoms with Crippen molar-refractivity contribution in [2.45, 2.75) is 97.8 Å². The highest BCUT2D eigenvalue weighted by Crippen LogP contribution is 2.31. The minimum atomic E-state index is -0.602. The molecule has 0 spiro atoms. The van der Waals surface area contributed by atoms with Crippen molar-refractivity contribution in [3.05, 3.63) is 0 Å². The Morgan fingerprint density at radius 2 is 1.16 bits per heavy atom. The highest BCUT2D eigenvalue weighted by atomic mass is 16.4. The molecule has 1 unspecified atom stereocenters. The zero-order chi connectivity index (χ0) is 14.6. The van der Waals surface area contributed by atoms with Crippen molar-refractivity contribution in [2.24, 2.45) is 5.41 Å². The molecule has 19 heavy (non-hydrogen) atoms. The van der Waals surface area contributed by atoms with E-state index in [0.29, 0.717) is 0 Å². The normalized spacial score (nSPS) is 14.3. The number of rotatable bonds is 13. The summed E-state index contributed by atoms with van der Waals surface area (Å²) in [5, 5.41) is 9.40. The zero-order valence-corrected chi connectivity index (χ0v) is 13.3. The lowest BCUT2D eigenvalue weighted by molar-refractivity contribution is -0.149. The van der Waals surface area contributed by atoms with Gasteiger partial charge in [-0.2, -0.15) is 0 Å². The molecule has 0 aliphatic rings. The number of aliphatic carboxylic acids is 1. The Kier molecular flexibility index (Phi) is 11.0. The number of hydrogen-bond donors (Lipinski definition) is 1. The Morgan fingerprint density at radius 3 is 1.63 bits per heavy atom. The minimum absolute atomic E-state index is 0.488. The molecular formula is C17H34O2. The maximum absolute atomic E-state index is 11.4. The van der Waals surface area contributed by atoms with Crippen LogP contribution in [0.5, 0.6) is 0 Å². The summed E-state index contributed by atoms with van der Waals surface area (Å²) in [5.74, 6) is -0.602. The second kappa shape index (κ2) is 11.3. The van der Waals surface area contributed by atoms with Crippen LogP contribution in [0.3, 0.4) is 0 Å². The van der Waals surface area contributed by atoms with Crippen molar-refractivity contribution in [3.8, 4) is 0 Å². The molecule has 0 aliphatic carbocycles. The third-order valence-corrected chi connectivity index (χ3v) is 4.18. The van der Waals surface area contributed by atoms with Crippen LogP contribution < -0.4 is 0 Å². The minimum Gasteiger partial charge on any atom is -0.481 e. The Hall–Kier alpha value is -0.530. The van der Waals surface area contributed by atoms with E-state index in [2.05, 4.69) is 13.8 Å². The Labute approximate surface area is 120 Å². The number of carbonyl (C=O) groups is 1. The summed E-state index contributed by atoms with van der Waals surface area (Å²) < 4.78 is 0. The largest absolute Gasteiger partial charge is 0.481 e. The quantitative estimate of drug-likeness (QED) is 0.429. The van der Waals surface area contributed by atoms with Crippen LogP contribution in [0.15, 0.2) is 0 Å². The van der Waals surface area contributed by atoms with Gasteiger partial charge in [0.1, 0.15) is 0 Å². The van der Waals surface area contributed by atoms with Crippen LogP contribution in [0, 0.1) is 5.41 Å². The second-order valence-electron chi connectivity index (χ2n) is 6.19. The summed E-state index contributed by atoms with van der Waals surface area (Å²) in [6.07, 6.45) is 13.9. The third-order valence-electron chi connectivity index (χ3n) is 4.18. The van der Waals surface area contributed by atoms with Gasteiger partial charge in [-0.15, -0.1) is 0 Å². The van der Waals surface area contributed by atoms with E-state index >= 15 is 0 Å². The van der Waals surface area contributed by atoms with E-state index < -0.39 is 11.4 Å². The van der Waals surface area contributed by atoms with Gasteiger partial charge in [-0.05, 0) is 19.8 Å². The van der Waals surface area contributed by atoms with E-state index in [1.165, 1.54) is 38.5 Å². The van der Waals surface area contributed by atoms with Gasteiger partial charge in [0.25, 0.3) is 0 Å². The molecule has 0 amide bonds. The molecule has 0 saturated heterocycles. The molecule has 0 heterocycles. The van der Waals surface area contributed by atoms with Gasteiger partial charge in [0.2, 0.25) is 0 Å². The van der Waals surface area contributed by atoms with Gasteiger partial charge in [-0.1, -0.05) is 78.1 Å². The van der Waals surface area contributed by atoms with Gasteiger partial charge in [-0.3, -0.25) is 4.79 Å². The first-order valence-electron chi connectivity index (χ1n) is 8.30. The number of hydrogen-bond acceptors (Lipinski definition) is 1. The lowest BCUT2D eigenvalue weighted by Gasteiger charge is -2.24. The summed E-state index contributed by atoms with van der Waals surface area (Å²) in [4.78, 5) is 11.4. The molecule has 1 N–H and O–H groups in total. The van der Waals surface area contributed by atoms with E-state index in [-0.39, 0.29) is 0 Å². The number of carboxylic acids is 1. The van der Waals surface area contributed by atoms with Gasteiger partial charge in [0.15, 0.2) is 0 Å². The molecule has 2 heteroatoms. The fourth-order valence-corrected chi connectivity index (χ4v) is 2.58. The van der Waals surface area contributed by atoms with E-state index in [1.807, 2.05) is 6.92 Å². The predicted molar refractivity (Wildman–Crippen MR) is 82.5 cm³/mol. The zero-order valence-electron chi connectivity index (χ0n) is 13.3. The van der Waals surface area contributed by atoms with Crippen molar-refractivity contribution >= 4 is 5.97 Å². The molecule has 0 bridgehead atoms. The van der Waals surface area contributed by atoms with Crippen LogP contribution in [0.2, 0.25) is 0 Å². The van der Waals surface area contributed by atoms with Crippen molar-refractivity contribution in [2.75, 3.05) is 0 Å². The van der Waals surface area contributed by atoms with E-state index in [1.54, 1.807) is 0 Å². The molecule has 0 aromatic rings. The molecule has 0 aromatic heterocycles. The first-order valence-corrected chi connectivity index (χ1v) is 8.30. The molecule has 0 fully saturated rings. The summed E-state index contributed by atoms with van der Waals surface area (Å²) in [6, 6.07) is 0. The smallest absolute Gasteiger partial charge is 0.309 e. The summed E-state index contributed by atoms with van der Waals surface area (Å²) in [6.45, 7) is 6.32. The van der Waals surface area contributed by atoms with E-state index in [9.17, 15) is 9.90 Å². The highest BCUT2D eigenvalue weighted by Gasteiger charge is 2.31. The average molecular weight is 270 g/mol. The van der Waals surface area contributed by atoms with Gasteiger partial charge >= 0.3 is 5.97 Å². The van der Waals surface area contributed by atoms with Crippen LogP contribution in [-0.2, 0) is 4.79 Å². The van der Waals surface area contributed by atoms with Crippen molar-refractivity contribution < 1.29 is 9.90 Å². The Balaban J connectivity index is 3.78. The van der Waals surface area contributed by atoms with Gasteiger partial charge < -0.3 is 5.11 Å². The fourth-order valence-electron chi connectivity index (χ4n) is 2.58. The average Bonchev–Trinajstić information content (AvgIpc) is 2.38. The fraction of sp³-hybridized carbons (Fsp3) is 0.941. The maximum Gasteiger partial charge on any atom is 0.309 e. The van der Waals surface area contributed by atoms with Crippen LogP contribution in [0.25, 0.3) is 0 Å². The lowest BCUT2D eigenvalue weighted by Crippen LogP contribution is -2.27. The highest BCUT2D eigenvalue weighted by molar-refractivity contribution is 5.74. The van der Waals surface area contributed by atoms with Gasteiger partial charge in [0, 0.05) is 0 Å². The monoisotopic (exact) mass is 270 g/mol. The molecule has 0 rings (SSSR count). The molecule has 114 valence electrons. The van der Waals surface area contributed by atoms with Gasteiger partial charge in [-0.25, -0.2) is 0 Å². The predicted octanol–water partition coefficient (Wildman–Crippen LogP) is 5.80. The van der Waals surface area contributed by atoms with Crippen molar-refractivity contribution in [1.29, 1.82) is 0 Å². The van der Waals surface area contributed by atoms with E-state index in [0.717, 1.165) is 38.5 Å². The number of unbranched alkanes of at least 4 members (excludes halogenated alkanes) is 8. The summed E-state index contributed by atoms with van der Waals surface area (Å²) in [7, 11) is 0. The second-order valence-corrected chi connectivity index (χ2v) is 6.19. The maximum atomic E-state index is 11.4.